The summed E-state index contributed by atoms with van der Waals surface area (Å²) in [5.41, 5.74) is 1.80. The maximum Gasteiger partial charge on any atom is 0.246 e. The van der Waals surface area contributed by atoms with Crippen LogP contribution in [0.5, 0.6) is 0 Å². The summed E-state index contributed by atoms with van der Waals surface area (Å²) in [4.78, 5) is 39.4. The smallest absolute Gasteiger partial charge is 0.246 e. The number of aliphatic hydroxyl groups excluding tert-OH is 1. The van der Waals surface area contributed by atoms with Gasteiger partial charge in [-0.15, -0.1) is 0 Å². The fourth-order valence-electron chi connectivity index (χ4n) is 4.19. The summed E-state index contributed by atoms with van der Waals surface area (Å²) in [6.07, 6.45) is 1.90. The molecular formula is C24H35N3O4. The van der Waals surface area contributed by atoms with E-state index >= 15 is 0 Å². The van der Waals surface area contributed by atoms with Crippen molar-refractivity contribution in [3.63, 3.8) is 0 Å². The van der Waals surface area contributed by atoms with Gasteiger partial charge in [0, 0.05) is 19.9 Å². The molecule has 2 fully saturated rings. The van der Waals surface area contributed by atoms with Crippen molar-refractivity contribution >= 4 is 17.7 Å². The maximum atomic E-state index is 13.3. The van der Waals surface area contributed by atoms with E-state index in [2.05, 4.69) is 22.8 Å². The third kappa shape index (κ3) is 5.64. The van der Waals surface area contributed by atoms with Gasteiger partial charge < -0.3 is 20.6 Å². The Bertz CT molecular complexity index is 826. The van der Waals surface area contributed by atoms with Crippen LogP contribution in [0.4, 0.5) is 0 Å². The van der Waals surface area contributed by atoms with Crippen molar-refractivity contribution < 1.29 is 19.5 Å². The molecule has 0 aromatic heterocycles. The molecular weight excluding hydrogens is 394 g/mol. The van der Waals surface area contributed by atoms with Crippen LogP contribution in [0, 0.1) is 5.41 Å². The van der Waals surface area contributed by atoms with Crippen molar-refractivity contribution in [2.45, 2.75) is 84.0 Å². The lowest BCUT2D eigenvalue weighted by atomic mass is 9.85. The van der Waals surface area contributed by atoms with Gasteiger partial charge in [0.1, 0.15) is 12.1 Å². The Balaban J connectivity index is 1.70. The van der Waals surface area contributed by atoms with Crippen molar-refractivity contribution in [3.05, 3.63) is 35.4 Å². The second kappa shape index (κ2) is 8.99. The first kappa shape index (κ1) is 23.3. The van der Waals surface area contributed by atoms with Gasteiger partial charge in [0.15, 0.2) is 0 Å². The number of β-amino-alcohol motifs (C(OH)–C–C–N with tert-alkyl or cyclic N) is 1. The van der Waals surface area contributed by atoms with Crippen LogP contribution in [0.1, 0.15) is 77.0 Å². The molecule has 1 aliphatic heterocycles. The number of likely N-dealkylation sites (tertiary alicyclic amines) is 1. The minimum atomic E-state index is -0.780. The van der Waals surface area contributed by atoms with Crippen molar-refractivity contribution in [3.8, 4) is 0 Å². The van der Waals surface area contributed by atoms with E-state index in [0.717, 1.165) is 5.56 Å². The highest BCUT2D eigenvalue weighted by Crippen LogP contribution is 2.40. The molecule has 1 aliphatic carbocycles. The second-order valence-corrected chi connectivity index (χ2v) is 10.1. The molecule has 2 unspecified atom stereocenters. The number of hydrogen-bond acceptors (Lipinski definition) is 4. The van der Waals surface area contributed by atoms with Crippen LogP contribution in [0.3, 0.4) is 0 Å². The standard InChI is InChI=1S/C24H35N3O4/c1-14(16-6-8-17(9-7-16)18-10-11-18)25-22(30)20-12-19(29)13-27(20)23(31)21(24(3,4)5)26-15(2)28/h6-9,14,18-21,29H,10-13H2,1-5H3,(H,25,30)(H,26,28)/t14?,19-,20+,21?/m1/s1. The predicted octanol–water partition coefficient (Wildman–Crippen LogP) is 2.25. The van der Waals surface area contributed by atoms with Gasteiger partial charge in [0.05, 0.1) is 12.1 Å². The van der Waals surface area contributed by atoms with Crippen LogP contribution in [0.25, 0.3) is 0 Å². The Labute approximate surface area is 184 Å². The van der Waals surface area contributed by atoms with Gasteiger partial charge in [-0.2, -0.15) is 0 Å². The maximum absolute atomic E-state index is 13.3. The summed E-state index contributed by atoms with van der Waals surface area (Å²) < 4.78 is 0. The van der Waals surface area contributed by atoms with Crippen molar-refractivity contribution in [2.24, 2.45) is 5.41 Å². The van der Waals surface area contributed by atoms with Crippen molar-refractivity contribution in [2.75, 3.05) is 6.54 Å². The number of nitrogens with one attached hydrogen (secondary N) is 2. The number of amides is 3. The van der Waals surface area contributed by atoms with E-state index in [-0.39, 0.29) is 36.7 Å². The second-order valence-electron chi connectivity index (χ2n) is 10.1. The topological polar surface area (TPSA) is 98.7 Å². The Kier molecular flexibility index (Phi) is 6.74. The van der Waals surface area contributed by atoms with E-state index in [1.807, 2.05) is 39.8 Å². The third-order valence-corrected chi connectivity index (χ3v) is 6.17. The van der Waals surface area contributed by atoms with Crippen LogP contribution in [-0.2, 0) is 14.4 Å². The first-order chi connectivity index (χ1) is 14.5. The van der Waals surface area contributed by atoms with E-state index in [0.29, 0.717) is 5.92 Å². The summed E-state index contributed by atoms with van der Waals surface area (Å²) in [6, 6.07) is 6.55. The molecule has 170 valence electrons. The number of benzene rings is 1. The van der Waals surface area contributed by atoms with Gasteiger partial charge in [-0.3, -0.25) is 14.4 Å². The zero-order chi connectivity index (χ0) is 22.9. The van der Waals surface area contributed by atoms with Crippen LogP contribution in [0.15, 0.2) is 24.3 Å². The fourth-order valence-corrected chi connectivity index (χ4v) is 4.19. The molecule has 0 spiro atoms. The van der Waals surface area contributed by atoms with E-state index < -0.39 is 23.6 Å². The number of nitrogens with zero attached hydrogens (tertiary/aromatic N) is 1. The first-order valence-corrected chi connectivity index (χ1v) is 11.1. The minimum Gasteiger partial charge on any atom is -0.391 e. The molecule has 31 heavy (non-hydrogen) atoms. The molecule has 1 saturated heterocycles. The normalized spacial score (nSPS) is 23.2. The molecule has 3 rings (SSSR count). The summed E-state index contributed by atoms with van der Waals surface area (Å²) >= 11 is 0. The Hall–Kier alpha value is -2.41. The lowest BCUT2D eigenvalue weighted by molar-refractivity contribution is -0.144. The number of hydrogen-bond donors (Lipinski definition) is 3. The van der Waals surface area contributed by atoms with Crippen LogP contribution < -0.4 is 10.6 Å². The van der Waals surface area contributed by atoms with Crippen LogP contribution >= 0.6 is 0 Å². The summed E-state index contributed by atoms with van der Waals surface area (Å²) in [5, 5.41) is 15.9. The van der Waals surface area contributed by atoms with Gasteiger partial charge in [-0.25, -0.2) is 0 Å². The van der Waals surface area contributed by atoms with Gasteiger partial charge in [0.25, 0.3) is 0 Å². The van der Waals surface area contributed by atoms with Gasteiger partial charge in [-0.05, 0) is 42.2 Å². The highest BCUT2D eigenvalue weighted by Gasteiger charge is 2.44. The molecule has 0 radical (unpaired) electrons. The van der Waals surface area contributed by atoms with Crippen LogP contribution in [0.2, 0.25) is 0 Å². The number of rotatable bonds is 6. The van der Waals surface area contributed by atoms with Crippen LogP contribution in [-0.4, -0.2) is 52.5 Å². The quantitative estimate of drug-likeness (QED) is 0.646. The lowest BCUT2D eigenvalue weighted by Gasteiger charge is -2.35. The molecule has 1 heterocycles. The highest BCUT2D eigenvalue weighted by atomic mass is 16.3. The van der Waals surface area contributed by atoms with E-state index in [1.54, 1.807) is 0 Å². The minimum absolute atomic E-state index is 0.0769. The lowest BCUT2D eigenvalue weighted by Crippen LogP contribution is -2.57. The zero-order valence-corrected chi connectivity index (χ0v) is 19.1. The molecule has 0 bridgehead atoms. The fraction of sp³-hybridized carbons (Fsp3) is 0.625. The van der Waals surface area contributed by atoms with Gasteiger partial charge in [0.2, 0.25) is 17.7 Å². The molecule has 7 heteroatoms. The molecule has 3 N–H and O–H groups in total. The molecule has 1 aromatic rings. The Morgan fingerprint density at radius 1 is 1.10 bits per heavy atom. The first-order valence-electron chi connectivity index (χ1n) is 11.1. The summed E-state index contributed by atoms with van der Waals surface area (Å²) in [7, 11) is 0. The van der Waals surface area contributed by atoms with Crippen molar-refractivity contribution in [1.29, 1.82) is 0 Å². The summed E-state index contributed by atoms with van der Waals surface area (Å²) in [5.74, 6) is -0.268. The molecule has 1 aromatic carbocycles. The zero-order valence-electron chi connectivity index (χ0n) is 19.1. The molecule has 7 nitrogen and oxygen atoms in total. The molecule has 3 amide bonds. The van der Waals surface area contributed by atoms with Gasteiger partial charge in [-0.1, -0.05) is 45.0 Å². The van der Waals surface area contributed by atoms with Gasteiger partial charge >= 0.3 is 0 Å². The predicted molar refractivity (Wildman–Crippen MR) is 118 cm³/mol. The van der Waals surface area contributed by atoms with Crippen molar-refractivity contribution in [1.82, 2.24) is 15.5 Å². The molecule has 2 aliphatic rings. The number of carbonyl (C=O) groups is 3. The largest absolute Gasteiger partial charge is 0.391 e. The monoisotopic (exact) mass is 429 g/mol. The third-order valence-electron chi connectivity index (χ3n) is 6.17. The molecule has 4 atom stereocenters. The Morgan fingerprint density at radius 2 is 1.71 bits per heavy atom. The highest BCUT2D eigenvalue weighted by molar-refractivity contribution is 5.93. The van der Waals surface area contributed by atoms with E-state index in [9.17, 15) is 19.5 Å². The van der Waals surface area contributed by atoms with E-state index in [1.165, 1.54) is 30.2 Å². The Morgan fingerprint density at radius 3 is 2.23 bits per heavy atom. The number of carbonyl (C=O) groups excluding carboxylic acids is 3. The average Bonchev–Trinajstić information content (AvgIpc) is 3.46. The number of aliphatic hydroxyl groups is 1. The van der Waals surface area contributed by atoms with E-state index in [4.69, 9.17) is 0 Å². The molecule has 1 saturated carbocycles. The average molecular weight is 430 g/mol. The summed E-state index contributed by atoms with van der Waals surface area (Å²) in [6.45, 7) is 8.94. The SMILES string of the molecule is CC(=O)NC(C(=O)N1C[C@H](O)C[C@H]1C(=O)NC(C)c1ccc(C2CC2)cc1)C(C)(C)C.